The summed E-state index contributed by atoms with van der Waals surface area (Å²) >= 11 is 0. The van der Waals surface area contributed by atoms with Gasteiger partial charge in [0.15, 0.2) is 0 Å². The number of halogens is 3. The van der Waals surface area contributed by atoms with Gasteiger partial charge in [-0.1, -0.05) is 32.0 Å². The van der Waals surface area contributed by atoms with Gasteiger partial charge in [0.05, 0.1) is 12.0 Å². The first-order valence-electron chi connectivity index (χ1n) is 5.60. The first kappa shape index (κ1) is 14.5. The van der Waals surface area contributed by atoms with E-state index in [2.05, 4.69) is 0 Å². The largest absolute Gasteiger partial charge is 0.481 e. The monoisotopic (exact) mass is 260 g/mol. The third-order valence-corrected chi connectivity index (χ3v) is 2.84. The smallest absolute Gasteiger partial charge is 0.416 e. The predicted molar refractivity (Wildman–Crippen MR) is 61.3 cm³/mol. The second-order valence-corrected chi connectivity index (χ2v) is 4.57. The Hall–Kier alpha value is -1.52. The van der Waals surface area contributed by atoms with Crippen molar-refractivity contribution < 1.29 is 23.1 Å². The van der Waals surface area contributed by atoms with Crippen molar-refractivity contribution in [2.45, 2.75) is 32.4 Å². The zero-order chi connectivity index (χ0) is 13.9. The minimum absolute atomic E-state index is 0.0374. The van der Waals surface area contributed by atoms with Gasteiger partial charge >= 0.3 is 12.1 Å². The second-order valence-electron chi connectivity index (χ2n) is 4.57. The Morgan fingerprint density at radius 2 is 1.94 bits per heavy atom. The van der Waals surface area contributed by atoms with E-state index in [1.807, 2.05) is 0 Å². The van der Waals surface area contributed by atoms with Crippen molar-refractivity contribution in [2.75, 3.05) is 0 Å². The van der Waals surface area contributed by atoms with Gasteiger partial charge in [-0.25, -0.2) is 0 Å². The lowest BCUT2D eigenvalue weighted by molar-refractivity contribution is -0.138. The average molecular weight is 260 g/mol. The average Bonchev–Trinajstić information content (AvgIpc) is 2.24. The van der Waals surface area contributed by atoms with Gasteiger partial charge in [-0.05, 0) is 23.5 Å². The molecule has 0 saturated carbocycles. The van der Waals surface area contributed by atoms with E-state index in [1.54, 1.807) is 19.9 Å². The molecule has 0 saturated heterocycles. The molecule has 0 aliphatic carbocycles. The number of carboxylic acids is 1. The number of carboxylic acid groups (broad SMARTS) is 1. The van der Waals surface area contributed by atoms with E-state index in [1.165, 1.54) is 6.07 Å². The molecule has 1 aromatic rings. The molecule has 0 amide bonds. The molecular weight excluding hydrogens is 245 g/mol. The molecule has 1 rings (SSSR count). The summed E-state index contributed by atoms with van der Waals surface area (Å²) in [7, 11) is 0. The number of carbonyl (C=O) groups is 1. The molecule has 0 heterocycles. The normalized spacial score (nSPS) is 13.7. The Morgan fingerprint density at radius 3 is 2.39 bits per heavy atom. The number of aliphatic carboxylic acids is 1. The highest BCUT2D eigenvalue weighted by atomic mass is 19.4. The Balaban J connectivity index is 3.09. The third kappa shape index (κ3) is 3.75. The molecule has 0 aliphatic rings. The lowest BCUT2D eigenvalue weighted by atomic mass is 9.85. The molecule has 0 radical (unpaired) electrons. The van der Waals surface area contributed by atoms with E-state index in [0.717, 1.165) is 12.1 Å². The van der Waals surface area contributed by atoms with E-state index in [4.69, 9.17) is 5.11 Å². The van der Waals surface area contributed by atoms with Crippen LogP contribution in [0.3, 0.4) is 0 Å². The van der Waals surface area contributed by atoms with Gasteiger partial charge in [-0.2, -0.15) is 13.2 Å². The quantitative estimate of drug-likeness (QED) is 0.890. The fraction of sp³-hybridized carbons (Fsp3) is 0.462. The van der Waals surface area contributed by atoms with Crippen LogP contribution in [0.1, 0.15) is 37.3 Å². The molecule has 1 aromatic carbocycles. The summed E-state index contributed by atoms with van der Waals surface area (Å²) in [5.41, 5.74) is -0.321. The maximum atomic E-state index is 12.6. The number of alkyl halides is 3. The summed E-state index contributed by atoms with van der Waals surface area (Å²) in [5, 5.41) is 8.80. The van der Waals surface area contributed by atoms with Gasteiger partial charge in [0, 0.05) is 0 Å². The van der Waals surface area contributed by atoms with Crippen LogP contribution in [-0.4, -0.2) is 11.1 Å². The van der Waals surface area contributed by atoms with Crippen LogP contribution in [-0.2, 0) is 11.0 Å². The number of hydrogen-bond acceptors (Lipinski definition) is 1. The lowest BCUT2D eigenvalue weighted by Gasteiger charge is -2.20. The molecule has 5 heteroatoms. The Labute approximate surface area is 103 Å². The minimum Gasteiger partial charge on any atom is -0.481 e. The van der Waals surface area contributed by atoms with E-state index in [0.29, 0.717) is 5.56 Å². The van der Waals surface area contributed by atoms with Crippen LogP contribution in [0.15, 0.2) is 24.3 Å². The van der Waals surface area contributed by atoms with Gasteiger partial charge in [-0.3, -0.25) is 4.79 Å². The Bertz CT molecular complexity index is 424. The highest BCUT2D eigenvalue weighted by Crippen LogP contribution is 2.34. The van der Waals surface area contributed by atoms with Crippen LogP contribution in [0, 0.1) is 5.92 Å². The number of hydrogen-bond donors (Lipinski definition) is 1. The standard InChI is InChI=1S/C13H15F3O2/c1-8(2)11(7-12(17)18)9-4-3-5-10(6-9)13(14,15)16/h3-6,8,11H,7H2,1-2H3,(H,17,18). The van der Waals surface area contributed by atoms with Crippen molar-refractivity contribution in [3.8, 4) is 0 Å². The fourth-order valence-corrected chi connectivity index (χ4v) is 1.87. The lowest BCUT2D eigenvalue weighted by Crippen LogP contribution is -2.13. The van der Waals surface area contributed by atoms with Crippen LogP contribution < -0.4 is 0 Å². The highest BCUT2D eigenvalue weighted by Gasteiger charge is 2.31. The van der Waals surface area contributed by atoms with Crippen LogP contribution >= 0.6 is 0 Å². The maximum absolute atomic E-state index is 12.6. The van der Waals surface area contributed by atoms with Gasteiger partial charge in [0.2, 0.25) is 0 Å². The maximum Gasteiger partial charge on any atom is 0.416 e. The van der Waals surface area contributed by atoms with Gasteiger partial charge in [-0.15, -0.1) is 0 Å². The van der Waals surface area contributed by atoms with Gasteiger partial charge < -0.3 is 5.11 Å². The Morgan fingerprint density at radius 1 is 1.33 bits per heavy atom. The van der Waals surface area contributed by atoms with E-state index >= 15 is 0 Å². The molecule has 0 bridgehead atoms. The van der Waals surface area contributed by atoms with Crippen molar-refractivity contribution in [3.63, 3.8) is 0 Å². The van der Waals surface area contributed by atoms with Crippen molar-refractivity contribution in [1.29, 1.82) is 0 Å². The highest BCUT2D eigenvalue weighted by molar-refractivity contribution is 5.68. The zero-order valence-corrected chi connectivity index (χ0v) is 10.2. The molecule has 2 nitrogen and oxygen atoms in total. The van der Waals surface area contributed by atoms with Gasteiger partial charge in [0.1, 0.15) is 0 Å². The minimum atomic E-state index is -4.40. The molecule has 0 spiro atoms. The molecule has 0 aliphatic heterocycles. The van der Waals surface area contributed by atoms with Crippen molar-refractivity contribution in [2.24, 2.45) is 5.92 Å². The molecule has 1 atom stereocenters. The van der Waals surface area contributed by atoms with E-state index in [-0.39, 0.29) is 12.3 Å². The summed E-state index contributed by atoms with van der Waals surface area (Å²) in [6, 6.07) is 4.88. The van der Waals surface area contributed by atoms with E-state index < -0.39 is 23.6 Å². The van der Waals surface area contributed by atoms with Gasteiger partial charge in [0.25, 0.3) is 0 Å². The van der Waals surface area contributed by atoms with Crippen molar-refractivity contribution in [1.82, 2.24) is 0 Å². The van der Waals surface area contributed by atoms with Crippen molar-refractivity contribution >= 4 is 5.97 Å². The topological polar surface area (TPSA) is 37.3 Å². The summed E-state index contributed by atoms with van der Waals surface area (Å²) in [4.78, 5) is 10.7. The predicted octanol–water partition coefficient (Wildman–Crippen LogP) is 3.92. The van der Waals surface area contributed by atoms with Crippen LogP contribution in [0.5, 0.6) is 0 Å². The summed E-state index contributed by atoms with van der Waals surface area (Å²) in [5.74, 6) is -1.46. The summed E-state index contributed by atoms with van der Waals surface area (Å²) in [6.45, 7) is 3.60. The van der Waals surface area contributed by atoms with Crippen LogP contribution in [0.2, 0.25) is 0 Å². The first-order chi connectivity index (χ1) is 8.21. The molecule has 0 fully saturated rings. The zero-order valence-electron chi connectivity index (χ0n) is 10.2. The third-order valence-electron chi connectivity index (χ3n) is 2.84. The van der Waals surface area contributed by atoms with Crippen molar-refractivity contribution in [3.05, 3.63) is 35.4 Å². The molecule has 100 valence electrons. The van der Waals surface area contributed by atoms with Crippen LogP contribution in [0.4, 0.5) is 13.2 Å². The number of rotatable bonds is 4. The first-order valence-corrected chi connectivity index (χ1v) is 5.60. The fourth-order valence-electron chi connectivity index (χ4n) is 1.87. The number of benzene rings is 1. The molecule has 18 heavy (non-hydrogen) atoms. The molecule has 1 N–H and O–H groups in total. The molecule has 1 unspecified atom stereocenters. The van der Waals surface area contributed by atoms with Crippen LogP contribution in [0.25, 0.3) is 0 Å². The molecular formula is C13H15F3O2. The second kappa shape index (κ2) is 5.42. The van der Waals surface area contributed by atoms with E-state index in [9.17, 15) is 18.0 Å². The summed E-state index contributed by atoms with van der Waals surface area (Å²) in [6.07, 6.45) is -4.57. The molecule has 0 aromatic heterocycles. The summed E-state index contributed by atoms with van der Waals surface area (Å²) < 4.78 is 37.7. The SMILES string of the molecule is CC(C)C(CC(=O)O)c1cccc(C(F)(F)F)c1. The Kier molecular flexibility index (Phi) is 4.38.